The van der Waals surface area contributed by atoms with Crippen LogP contribution >= 0.6 is 0 Å². The Morgan fingerprint density at radius 2 is 1.91 bits per heavy atom. The van der Waals surface area contributed by atoms with Crippen molar-refractivity contribution in [2.75, 3.05) is 0 Å². The molecule has 0 spiro atoms. The molecule has 0 aliphatic heterocycles. The highest BCUT2D eigenvalue weighted by Gasteiger charge is 2.62. The summed E-state index contributed by atoms with van der Waals surface area (Å²) >= 11 is 0. The monoisotopic (exact) mass is 304 g/mol. The minimum atomic E-state index is -0.933. The Balaban J connectivity index is 1.74. The number of rotatable bonds is 0. The minimum absolute atomic E-state index is 0.0197. The lowest BCUT2D eigenvalue weighted by atomic mass is 9.46. The Morgan fingerprint density at radius 3 is 2.68 bits per heavy atom. The van der Waals surface area contributed by atoms with E-state index in [1.54, 1.807) is 6.08 Å². The summed E-state index contributed by atoms with van der Waals surface area (Å²) in [7, 11) is 0. The van der Waals surface area contributed by atoms with Crippen LogP contribution in [0.1, 0.15) is 74.8 Å². The highest BCUT2D eigenvalue weighted by Crippen LogP contribution is 2.67. The quantitative estimate of drug-likeness (QED) is 0.725. The van der Waals surface area contributed by atoms with Gasteiger partial charge in [-0.05, 0) is 86.5 Å². The van der Waals surface area contributed by atoms with E-state index in [4.69, 9.17) is 2.74 Å². The molecule has 2 nitrogen and oxygen atoms in total. The van der Waals surface area contributed by atoms with E-state index in [0.29, 0.717) is 17.8 Å². The predicted molar refractivity (Wildman–Crippen MR) is 87.3 cm³/mol. The van der Waals surface area contributed by atoms with Crippen LogP contribution in [-0.4, -0.2) is 16.5 Å². The Hall–Kier alpha value is -0.630. The van der Waals surface area contributed by atoms with Crippen LogP contribution in [0.4, 0.5) is 0 Å². The van der Waals surface area contributed by atoms with Gasteiger partial charge in [0.15, 0.2) is 5.78 Å². The van der Waals surface area contributed by atoms with Gasteiger partial charge in [-0.25, -0.2) is 0 Å². The highest BCUT2D eigenvalue weighted by molar-refractivity contribution is 5.91. The van der Waals surface area contributed by atoms with Crippen LogP contribution in [0.25, 0.3) is 0 Å². The second kappa shape index (κ2) is 4.47. The summed E-state index contributed by atoms with van der Waals surface area (Å²) in [4.78, 5) is 12.1. The first-order chi connectivity index (χ1) is 11.1. The number of fused-ring (bicyclic) bond motifs is 5. The van der Waals surface area contributed by atoms with Gasteiger partial charge in [0, 0.05) is 9.14 Å². The number of carbonyl (C=O) groups excluding carboxylic acids is 1. The van der Waals surface area contributed by atoms with E-state index < -0.39 is 18.4 Å². The molecule has 122 valence electrons. The van der Waals surface area contributed by atoms with Crippen LogP contribution in [-0.2, 0) is 4.79 Å². The van der Waals surface area contributed by atoms with Crippen molar-refractivity contribution in [1.29, 1.82) is 0 Å². The first-order valence-corrected chi connectivity index (χ1v) is 8.95. The molecule has 1 N–H and O–H groups in total. The zero-order chi connectivity index (χ0) is 17.5. The molecule has 0 radical (unpaired) electrons. The molecule has 4 aliphatic carbocycles. The van der Waals surface area contributed by atoms with Gasteiger partial charge in [0.1, 0.15) is 0 Å². The van der Waals surface area contributed by atoms with Crippen LogP contribution in [0, 0.1) is 28.6 Å². The lowest BCUT2D eigenvalue weighted by molar-refractivity contribution is -0.124. The number of allylic oxidation sites excluding steroid dienone is 1. The number of aliphatic hydroxyl groups is 1. The van der Waals surface area contributed by atoms with Crippen molar-refractivity contribution in [3.8, 4) is 0 Å². The topological polar surface area (TPSA) is 37.3 Å². The van der Waals surface area contributed by atoms with Crippen molar-refractivity contribution in [3.63, 3.8) is 0 Å². The van der Waals surface area contributed by atoms with Gasteiger partial charge in [0.25, 0.3) is 0 Å². The largest absolute Gasteiger partial charge is 0.390 e. The van der Waals surface area contributed by atoms with Gasteiger partial charge < -0.3 is 5.11 Å². The second-order valence-electron chi connectivity index (χ2n) is 8.87. The first-order valence-electron chi connectivity index (χ1n) is 10.1. The molecular weight excluding hydrogens is 272 g/mol. The van der Waals surface area contributed by atoms with E-state index in [1.807, 2.05) is 6.92 Å². The van der Waals surface area contributed by atoms with Crippen molar-refractivity contribution >= 4 is 5.78 Å². The zero-order valence-corrected chi connectivity index (χ0v) is 14.1. The van der Waals surface area contributed by atoms with Crippen LogP contribution in [0.2, 0.25) is 0 Å². The van der Waals surface area contributed by atoms with Gasteiger partial charge in [0.05, 0.1) is 5.60 Å². The maximum absolute atomic E-state index is 12.1. The molecule has 8 atom stereocenters. The second-order valence-corrected chi connectivity index (χ2v) is 8.87. The van der Waals surface area contributed by atoms with Crippen LogP contribution in [0.3, 0.4) is 0 Å². The average molecular weight is 304 g/mol. The number of hydrogen-bond acceptors (Lipinski definition) is 2. The first kappa shape index (κ1) is 12.8. The van der Waals surface area contributed by atoms with Crippen LogP contribution < -0.4 is 0 Å². The third-order valence-electron chi connectivity index (χ3n) is 8.12. The molecule has 0 aromatic carbocycles. The molecule has 0 aromatic heterocycles. The van der Waals surface area contributed by atoms with Crippen LogP contribution in [0.15, 0.2) is 11.6 Å². The molecule has 4 rings (SSSR count). The van der Waals surface area contributed by atoms with Crippen molar-refractivity contribution in [2.45, 2.75) is 77.7 Å². The average Bonchev–Trinajstić information content (AvgIpc) is 2.77. The highest BCUT2D eigenvalue weighted by atomic mass is 16.3. The number of carbonyl (C=O) groups is 1. The van der Waals surface area contributed by atoms with E-state index in [0.717, 1.165) is 44.1 Å². The van der Waals surface area contributed by atoms with E-state index in [1.165, 1.54) is 0 Å². The lowest BCUT2D eigenvalue weighted by Gasteiger charge is -2.58. The molecule has 3 fully saturated rings. The predicted octanol–water partition coefficient (Wildman–Crippen LogP) is 4.27. The Morgan fingerprint density at radius 1 is 1.18 bits per heavy atom. The smallest absolute Gasteiger partial charge is 0.155 e. The fourth-order valence-electron chi connectivity index (χ4n) is 6.44. The van der Waals surface area contributed by atoms with E-state index in [9.17, 15) is 9.90 Å². The normalized spacial score (nSPS) is 62.3. The van der Waals surface area contributed by atoms with E-state index >= 15 is 0 Å². The maximum Gasteiger partial charge on any atom is 0.155 e. The molecule has 0 heterocycles. The standard InChI is InChI=1S/C20H30O2/c1-18-9-6-14(21)12-13(18)4-5-15-16(18)7-10-19(2)17(15)8-11-20(19,3)22/h12,15-17,22H,4-11H2,1-3H3/t15?,16?,17?,18?,19?,20-/m0/s1/i6D,9D/t6?,9?,15?,16?,17?,18?,19?,20-. The van der Waals surface area contributed by atoms with Crippen molar-refractivity contribution in [1.82, 2.24) is 0 Å². The number of ketones is 1. The van der Waals surface area contributed by atoms with Gasteiger partial charge in [-0.3, -0.25) is 4.79 Å². The molecule has 4 aliphatic rings. The molecular formula is C20H30O2. The van der Waals surface area contributed by atoms with E-state index in [2.05, 4.69) is 13.8 Å². The third kappa shape index (κ3) is 1.74. The fourth-order valence-corrected chi connectivity index (χ4v) is 6.44. The van der Waals surface area contributed by atoms with Gasteiger partial charge >= 0.3 is 0 Å². The molecule has 7 unspecified atom stereocenters. The minimum Gasteiger partial charge on any atom is -0.390 e. The van der Waals surface area contributed by atoms with Gasteiger partial charge in [-0.2, -0.15) is 0 Å². The summed E-state index contributed by atoms with van der Waals surface area (Å²) in [5, 5.41) is 10.9. The molecule has 0 saturated heterocycles. The summed E-state index contributed by atoms with van der Waals surface area (Å²) in [5.74, 6) is 1.24. The third-order valence-corrected chi connectivity index (χ3v) is 8.12. The van der Waals surface area contributed by atoms with Crippen LogP contribution in [0.5, 0.6) is 0 Å². The molecule has 3 saturated carbocycles. The molecule has 2 heteroatoms. The zero-order valence-electron chi connectivity index (χ0n) is 16.1. The fraction of sp³-hybridized carbons (Fsp3) is 0.850. The van der Waals surface area contributed by atoms with E-state index in [-0.39, 0.29) is 16.6 Å². The Labute approximate surface area is 137 Å². The lowest BCUT2D eigenvalue weighted by Crippen LogP contribution is -2.53. The Bertz CT molecular complexity index is 613. The number of hydrogen-bond donors (Lipinski definition) is 1. The van der Waals surface area contributed by atoms with Gasteiger partial charge in [-0.1, -0.05) is 19.4 Å². The summed E-state index contributed by atoms with van der Waals surface area (Å²) in [6, 6.07) is 0. The molecule has 0 aromatic rings. The maximum atomic E-state index is 12.1. The summed E-state index contributed by atoms with van der Waals surface area (Å²) in [5.41, 5.74) is 0.193. The summed E-state index contributed by atoms with van der Waals surface area (Å²) < 4.78 is 16.8. The Kier molecular flexibility index (Phi) is 2.59. The van der Waals surface area contributed by atoms with Gasteiger partial charge in [0.2, 0.25) is 0 Å². The SMILES string of the molecule is [2H]C1C(=O)C=C2CCC3C(CCC4(C)C3CC[C@]4(C)O)C2(C)C1[2H]. The summed E-state index contributed by atoms with van der Waals surface area (Å²) in [6.07, 6.45) is 6.05. The van der Waals surface area contributed by atoms with Crippen molar-refractivity contribution < 1.29 is 12.6 Å². The van der Waals surface area contributed by atoms with Crippen molar-refractivity contribution in [3.05, 3.63) is 11.6 Å². The summed E-state index contributed by atoms with van der Waals surface area (Å²) in [6.45, 7) is 6.43. The molecule has 22 heavy (non-hydrogen) atoms. The molecule has 0 amide bonds. The van der Waals surface area contributed by atoms with Crippen molar-refractivity contribution in [2.24, 2.45) is 28.6 Å². The van der Waals surface area contributed by atoms with Gasteiger partial charge in [-0.15, -0.1) is 0 Å². The molecule has 0 bridgehead atoms.